The molecule has 2 N–H and O–H groups in total. The van der Waals surface area contributed by atoms with Gasteiger partial charge in [0.2, 0.25) is 0 Å². The van der Waals surface area contributed by atoms with Crippen LogP contribution in [0.3, 0.4) is 0 Å². The number of aromatic hydroxyl groups is 1. The Morgan fingerprint density at radius 2 is 1.55 bits per heavy atom. The van der Waals surface area contributed by atoms with Crippen LogP contribution in [-0.4, -0.2) is 81.4 Å². The summed E-state index contributed by atoms with van der Waals surface area (Å²) < 4.78 is 15.6. The maximum absolute atomic E-state index is 12.8. The molecule has 0 amide bonds. The molecule has 0 aliphatic carbocycles. The molecule has 0 aromatic heterocycles. The van der Waals surface area contributed by atoms with Crippen molar-refractivity contribution >= 4 is 11.9 Å². The molecule has 1 aromatic carbocycles. The molecule has 0 bridgehead atoms. The minimum absolute atomic E-state index is 0.0507. The number of nitrogens with one attached hydrogen (secondary N) is 1. The Hall–Kier alpha value is -3.04. The number of benzene rings is 1. The van der Waals surface area contributed by atoms with Crippen molar-refractivity contribution in [3.8, 4) is 11.5 Å². The van der Waals surface area contributed by atoms with Gasteiger partial charge in [-0.1, -0.05) is 0 Å². The number of hydrogen-bond donors (Lipinski definition) is 2. The number of carbonyl (C=O) groups is 2. The molecule has 9 nitrogen and oxygen atoms in total. The summed E-state index contributed by atoms with van der Waals surface area (Å²) in [6.07, 6.45) is 0. The highest BCUT2D eigenvalue weighted by Crippen LogP contribution is 2.43. The fourth-order valence-corrected chi connectivity index (χ4v) is 4.47. The fourth-order valence-electron chi connectivity index (χ4n) is 4.47. The van der Waals surface area contributed by atoms with Crippen molar-refractivity contribution in [3.05, 3.63) is 45.8 Å². The predicted octanol–water partition coefficient (Wildman–Crippen LogP) is 1.73. The number of hydrogen-bond acceptors (Lipinski definition) is 9. The molecule has 2 aliphatic heterocycles. The zero-order chi connectivity index (χ0) is 24.3. The van der Waals surface area contributed by atoms with Crippen LogP contribution in [0.5, 0.6) is 11.5 Å². The summed E-state index contributed by atoms with van der Waals surface area (Å²) in [5.74, 6) is -1.52. The van der Waals surface area contributed by atoms with E-state index in [4.69, 9.17) is 14.2 Å². The summed E-state index contributed by atoms with van der Waals surface area (Å²) in [4.78, 5) is 30.1. The minimum Gasteiger partial charge on any atom is -0.504 e. The van der Waals surface area contributed by atoms with Crippen LogP contribution < -0.4 is 10.1 Å². The Morgan fingerprint density at radius 1 is 1.00 bits per heavy atom. The van der Waals surface area contributed by atoms with E-state index in [-0.39, 0.29) is 11.5 Å². The number of esters is 2. The van der Waals surface area contributed by atoms with E-state index < -0.39 is 17.9 Å². The van der Waals surface area contributed by atoms with Gasteiger partial charge in [-0.3, -0.25) is 4.90 Å². The van der Waals surface area contributed by atoms with E-state index in [0.717, 1.165) is 26.2 Å². The first-order valence-electron chi connectivity index (χ1n) is 10.9. The van der Waals surface area contributed by atoms with Crippen LogP contribution in [0.4, 0.5) is 0 Å². The summed E-state index contributed by atoms with van der Waals surface area (Å²) >= 11 is 0. The standard InChI is InChI=1S/C24H33N3O6/c1-14-19(23(29)32-5)21(20(15(2)25-14)24(30)33-6)16-11-17(22(28)18(12-16)31-4)13-27-9-7-26(3)8-10-27/h11-12,21,25,28H,7-10,13H2,1-6H3. The van der Waals surface area contributed by atoms with Gasteiger partial charge in [0.15, 0.2) is 11.5 Å². The number of phenolic OH excluding ortho intramolecular Hbond substituents is 1. The summed E-state index contributed by atoms with van der Waals surface area (Å²) in [6.45, 7) is 7.66. The number of rotatable bonds is 6. The minimum atomic E-state index is -0.744. The van der Waals surface area contributed by atoms with E-state index >= 15 is 0 Å². The van der Waals surface area contributed by atoms with Crippen molar-refractivity contribution in [2.24, 2.45) is 0 Å². The van der Waals surface area contributed by atoms with E-state index in [1.165, 1.54) is 21.3 Å². The van der Waals surface area contributed by atoms with Gasteiger partial charge in [-0.25, -0.2) is 9.59 Å². The number of carbonyl (C=O) groups excluding carboxylic acids is 2. The van der Waals surface area contributed by atoms with Crippen LogP contribution in [0, 0.1) is 0 Å². The number of dihydropyridines is 1. The molecule has 0 radical (unpaired) electrons. The first-order valence-corrected chi connectivity index (χ1v) is 10.9. The smallest absolute Gasteiger partial charge is 0.336 e. The maximum Gasteiger partial charge on any atom is 0.336 e. The van der Waals surface area contributed by atoms with E-state index in [1.807, 2.05) is 6.07 Å². The monoisotopic (exact) mass is 459 g/mol. The van der Waals surface area contributed by atoms with Crippen LogP contribution in [0.15, 0.2) is 34.7 Å². The lowest BCUT2D eigenvalue weighted by molar-refractivity contribution is -0.137. The highest BCUT2D eigenvalue weighted by molar-refractivity contribution is 5.99. The van der Waals surface area contributed by atoms with Gasteiger partial charge in [-0.05, 0) is 38.6 Å². The highest BCUT2D eigenvalue weighted by Gasteiger charge is 2.38. The predicted molar refractivity (Wildman–Crippen MR) is 123 cm³/mol. The van der Waals surface area contributed by atoms with E-state index in [1.54, 1.807) is 19.9 Å². The van der Waals surface area contributed by atoms with Gasteiger partial charge in [0, 0.05) is 49.7 Å². The third kappa shape index (κ3) is 4.99. The second-order valence-corrected chi connectivity index (χ2v) is 8.43. The first kappa shape index (κ1) is 24.6. The third-order valence-corrected chi connectivity index (χ3v) is 6.29. The lowest BCUT2D eigenvalue weighted by Crippen LogP contribution is -2.43. The van der Waals surface area contributed by atoms with Gasteiger partial charge >= 0.3 is 11.9 Å². The molecule has 2 aliphatic rings. The van der Waals surface area contributed by atoms with Crippen LogP contribution in [0.1, 0.15) is 30.9 Å². The first-order chi connectivity index (χ1) is 15.7. The lowest BCUT2D eigenvalue weighted by atomic mass is 9.79. The summed E-state index contributed by atoms with van der Waals surface area (Å²) in [5.41, 5.74) is 3.09. The average Bonchev–Trinajstić information content (AvgIpc) is 2.80. The Balaban J connectivity index is 2.14. The van der Waals surface area contributed by atoms with Gasteiger partial charge in [-0.15, -0.1) is 0 Å². The number of phenols is 1. The van der Waals surface area contributed by atoms with Gasteiger partial charge < -0.3 is 29.5 Å². The third-order valence-electron chi connectivity index (χ3n) is 6.29. The molecule has 3 rings (SSSR count). The highest BCUT2D eigenvalue weighted by atomic mass is 16.5. The number of nitrogens with zero attached hydrogens (tertiary/aromatic N) is 2. The molecular weight excluding hydrogens is 426 g/mol. The zero-order valence-corrected chi connectivity index (χ0v) is 20.2. The largest absolute Gasteiger partial charge is 0.504 e. The van der Waals surface area contributed by atoms with E-state index in [0.29, 0.717) is 40.2 Å². The fraction of sp³-hybridized carbons (Fsp3) is 0.500. The molecule has 1 fully saturated rings. The summed E-state index contributed by atoms with van der Waals surface area (Å²) in [7, 11) is 6.17. The van der Waals surface area contributed by atoms with Crippen LogP contribution in [0.2, 0.25) is 0 Å². The van der Waals surface area contributed by atoms with Gasteiger partial charge in [0.05, 0.1) is 38.4 Å². The Bertz CT molecular complexity index is 954. The molecule has 33 heavy (non-hydrogen) atoms. The molecule has 0 unspecified atom stereocenters. The molecule has 180 valence electrons. The summed E-state index contributed by atoms with van der Waals surface area (Å²) in [5, 5.41) is 14.0. The van der Waals surface area contributed by atoms with E-state index in [9.17, 15) is 14.7 Å². The van der Waals surface area contributed by atoms with Gasteiger partial charge in [-0.2, -0.15) is 0 Å². The van der Waals surface area contributed by atoms with Crippen LogP contribution in [0.25, 0.3) is 0 Å². The van der Waals surface area contributed by atoms with Crippen molar-refractivity contribution < 1.29 is 28.9 Å². The summed E-state index contributed by atoms with van der Waals surface area (Å²) in [6, 6.07) is 3.49. The molecule has 0 atom stereocenters. The molecule has 0 saturated carbocycles. The van der Waals surface area contributed by atoms with Crippen molar-refractivity contribution in [2.45, 2.75) is 26.3 Å². The van der Waals surface area contributed by atoms with Gasteiger partial charge in [0.1, 0.15) is 0 Å². The molecule has 1 aromatic rings. The Kier molecular flexibility index (Phi) is 7.65. The molecule has 2 heterocycles. The average molecular weight is 460 g/mol. The second kappa shape index (κ2) is 10.3. The normalized spacial score (nSPS) is 18.2. The number of allylic oxidation sites excluding steroid dienone is 2. The van der Waals surface area contributed by atoms with Crippen molar-refractivity contribution in [1.82, 2.24) is 15.1 Å². The Morgan fingerprint density at radius 3 is 2.03 bits per heavy atom. The number of piperazine rings is 1. The SMILES string of the molecule is COC(=O)C1=C(C)NC(C)=C(C(=O)OC)C1c1cc(CN2CCN(C)CC2)c(O)c(OC)c1. The van der Waals surface area contributed by atoms with Crippen molar-refractivity contribution in [3.63, 3.8) is 0 Å². The van der Waals surface area contributed by atoms with E-state index in [2.05, 4.69) is 22.2 Å². The molecule has 1 saturated heterocycles. The van der Waals surface area contributed by atoms with Crippen molar-refractivity contribution in [1.29, 1.82) is 0 Å². The van der Waals surface area contributed by atoms with Crippen LogP contribution in [-0.2, 0) is 25.6 Å². The number of ether oxygens (including phenoxy) is 3. The zero-order valence-electron chi connectivity index (χ0n) is 20.2. The second-order valence-electron chi connectivity index (χ2n) is 8.43. The molecule has 9 heteroatoms. The van der Waals surface area contributed by atoms with Gasteiger partial charge in [0.25, 0.3) is 0 Å². The number of likely N-dealkylation sites (N-methyl/N-ethyl adjacent to an activating group) is 1. The lowest BCUT2D eigenvalue weighted by Gasteiger charge is -2.33. The quantitative estimate of drug-likeness (QED) is 0.616. The van der Waals surface area contributed by atoms with Crippen molar-refractivity contribution in [2.75, 3.05) is 54.6 Å². The maximum atomic E-state index is 12.8. The van der Waals surface area contributed by atoms with Crippen LogP contribution >= 0.6 is 0 Å². The number of methoxy groups -OCH3 is 3. The topological polar surface area (TPSA) is 101 Å². The molecular formula is C24H33N3O6. The Labute approximate surface area is 194 Å². The molecule has 0 spiro atoms.